The van der Waals surface area contributed by atoms with Crippen LogP contribution in [0.1, 0.15) is 17.5 Å². The Morgan fingerprint density at radius 2 is 1.88 bits per heavy atom. The molecule has 86 valence electrons. The van der Waals surface area contributed by atoms with Crippen LogP contribution in [0.15, 0.2) is 18.2 Å². The molecule has 0 aliphatic rings. The molecule has 0 amide bonds. The summed E-state index contributed by atoms with van der Waals surface area (Å²) in [6.07, 6.45) is -4.67. The van der Waals surface area contributed by atoms with E-state index in [1.54, 1.807) is 0 Å². The van der Waals surface area contributed by atoms with Crippen molar-refractivity contribution < 1.29 is 22.0 Å². The Labute approximate surface area is 89.1 Å². The number of halogens is 5. The van der Waals surface area contributed by atoms with Crippen LogP contribution < -0.4 is 0 Å². The molecule has 0 fully saturated rings. The van der Waals surface area contributed by atoms with Crippen LogP contribution in [0.4, 0.5) is 22.0 Å². The first kappa shape index (κ1) is 12.5. The minimum absolute atomic E-state index is 0.129. The molecule has 0 aliphatic heterocycles. The molecular formula is C11H7F5. The van der Waals surface area contributed by atoms with E-state index in [0.29, 0.717) is 18.2 Å². The fraction of sp³-hybridized carbons (Fsp3) is 0.273. The molecule has 0 saturated heterocycles. The lowest BCUT2D eigenvalue weighted by Gasteiger charge is -2.06. The number of rotatable bonds is 1. The minimum atomic E-state index is -4.54. The summed E-state index contributed by atoms with van der Waals surface area (Å²) in [5.74, 6) is 3.55. The maximum Gasteiger partial charge on any atom is 0.416 e. The van der Waals surface area contributed by atoms with E-state index >= 15 is 0 Å². The van der Waals surface area contributed by atoms with Gasteiger partial charge >= 0.3 is 6.18 Å². The molecule has 1 aromatic rings. The third kappa shape index (κ3) is 3.23. The second-order valence-electron chi connectivity index (χ2n) is 2.93. The number of alkyl halides is 4. The second kappa shape index (κ2) is 4.97. The van der Waals surface area contributed by atoms with Gasteiger partial charge in [0.2, 0.25) is 0 Å². The molecule has 0 aromatic heterocycles. The molecule has 1 rings (SSSR count). The van der Waals surface area contributed by atoms with Gasteiger partial charge in [0.25, 0.3) is 0 Å². The Hall–Kier alpha value is -1.57. The van der Waals surface area contributed by atoms with Crippen molar-refractivity contribution in [2.24, 2.45) is 0 Å². The van der Waals surface area contributed by atoms with E-state index in [2.05, 4.69) is 11.8 Å². The summed E-state index contributed by atoms with van der Waals surface area (Å²) in [5.41, 5.74) is -1.35. The molecule has 0 N–H and O–H groups in total. The average molecular weight is 234 g/mol. The van der Waals surface area contributed by atoms with Crippen LogP contribution in [0.2, 0.25) is 0 Å². The fourth-order valence-electron chi connectivity index (χ4n) is 1.00. The topological polar surface area (TPSA) is 0 Å². The third-order valence-corrected chi connectivity index (χ3v) is 1.74. The fourth-order valence-corrected chi connectivity index (χ4v) is 1.00. The van der Waals surface area contributed by atoms with Gasteiger partial charge in [0, 0.05) is 6.42 Å². The number of hydrogen-bond donors (Lipinski definition) is 0. The SMILES string of the molecule is FCCC#Cc1cc(C(F)(F)F)ccc1F. The summed E-state index contributed by atoms with van der Waals surface area (Å²) < 4.78 is 61.5. The van der Waals surface area contributed by atoms with Gasteiger partial charge in [-0.1, -0.05) is 11.8 Å². The molecule has 0 atom stereocenters. The lowest BCUT2D eigenvalue weighted by Crippen LogP contribution is -2.05. The maximum atomic E-state index is 13.0. The van der Waals surface area contributed by atoms with Gasteiger partial charge in [0.15, 0.2) is 0 Å². The normalized spacial score (nSPS) is 10.8. The zero-order valence-electron chi connectivity index (χ0n) is 8.04. The van der Waals surface area contributed by atoms with Gasteiger partial charge in [-0.15, -0.1) is 0 Å². The first-order chi connectivity index (χ1) is 7.45. The smallest absolute Gasteiger partial charge is 0.250 e. The van der Waals surface area contributed by atoms with E-state index < -0.39 is 24.2 Å². The molecule has 5 heteroatoms. The highest BCUT2D eigenvalue weighted by molar-refractivity contribution is 5.39. The molecule has 0 unspecified atom stereocenters. The van der Waals surface area contributed by atoms with Crippen molar-refractivity contribution in [3.8, 4) is 11.8 Å². The van der Waals surface area contributed by atoms with Crippen LogP contribution in [0.25, 0.3) is 0 Å². The summed E-state index contributed by atoms with van der Waals surface area (Å²) >= 11 is 0. The third-order valence-electron chi connectivity index (χ3n) is 1.74. The van der Waals surface area contributed by atoms with Crippen molar-refractivity contribution in [3.63, 3.8) is 0 Å². The molecule has 0 aliphatic carbocycles. The van der Waals surface area contributed by atoms with Gasteiger partial charge in [-0.3, -0.25) is 4.39 Å². The van der Waals surface area contributed by atoms with Crippen molar-refractivity contribution >= 4 is 0 Å². The molecule has 0 nitrogen and oxygen atoms in total. The Morgan fingerprint density at radius 1 is 1.19 bits per heavy atom. The predicted octanol–water partition coefficient (Wildman–Crippen LogP) is 3.56. The monoisotopic (exact) mass is 234 g/mol. The Kier molecular flexibility index (Phi) is 3.88. The van der Waals surface area contributed by atoms with Gasteiger partial charge < -0.3 is 0 Å². The summed E-state index contributed by atoms with van der Waals surface area (Å²) in [5, 5.41) is 0. The first-order valence-electron chi connectivity index (χ1n) is 4.36. The molecular weight excluding hydrogens is 227 g/mol. The number of hydrogen-bond acceptors (Lipinski definition) is 0. The highest BCUT2D eigenvalue weighted by atomic mass is 19.4. The standard InChI is InChI=1S/C11H7F5/c12-6-2-1-3-8-7-9(11(14,15)16)4-5-10(8)13/h4-5,7H,2,6H2. The molecule has 0 spiro atoms. The van der Waals surface area contributed by atoms with Gasteiger partial charge in [0.05, 0.1) is 11.1 Å². The first-order valence-corrected chi connectivity index (χ1v) is 4.36. The van der Waals surface area contributed by atoms with E-state index in [1.165, 1.54) is 0 Å². The van der Waals surface area contributed by atoms with Crippen molar-refractivity contribution in [1.29, 1.82) is 0 Å². The molecule has 0 heterocycles. The zero-order chi connectivity index (χ0) is 12.2. The van der Waals surface area contributed by atoms with E-state index in [0.717, 1.165) is 0 Å². The molecule has 1 aromatic carbocycles. The van der Waals surface area contributed by atoms with Crippen molar-refractivity contribution in [1.82, 2.24) is 0 Å². The van der Waals surface area contributed by atoms with Crippen LogP contribution >= 0.6 is 0 Å². The average Bonchev–Trinajstić information content (AvgIpc) is 2.19. The van der Waals surface area contributed by atoms with Gasteiger partial charge in [-0.05, 0) is 18.2 Å². The predicted molar refractivity (Wildman–Crippen MR) is 48.9 cm³/mol. The lowest BCUT2D eigenvalue weighted by atomic mass is 10.1. The quantitative estimate of drug-likeness (QED) is 0.515. The van der Waals surface area contributed by atoms with Crippen molar-refractivity contribution in [2.75, 3.05) is 6.67 Å². The molecule has 0 saturated carbocycles. The van der Waals surface area contributed by atoms with E-state index in [1.807, 2.05) is 0 Å². The van der Waals surface area contributed by atoms with Crippen molar-refractivity contribution in [3.05, 3.63) is 35.1 Å². The minimum Gasteiger partial charge on any atom is -0.250 e. The lowest BCUT2D eigenvalue weighted by molar-refractivity contribution is -0.137. The zero-order valence-corrected chi connectivity index (χ0v) is 8.04. The Balaban J connectivity index is 3.06. The summed E-state index contributed by atoms with van der Waals surface area (Å²) in [4.78, 5) is 0. The van der Waals surface area contributed by atoms with Gasteiger partial charge in [0.1, 0.15) is 12.5 Å². The van der Waals surface area contributed by atoms with Crippen LogP contribution in [0, 0.1) is 17.7 Å². The van der Waals surface area contributed by atoms with Gasteiger partial charge in [-0.2, -0.15) is 13.2 Å². The molecule has 0 bridgehead atoms. The van der Waals surface area contributed by atoms with E-state index in [-0.39, 0.29) is 12.0 Å². The highest BCUT2D eigenvalue weighted by Crippen LogP contribution is 2.30. The molecule has 0 radical (unpaired) electrons. The Morgan fingerprint density at radius 3 is 2.44 bits per heavy atom. The van der Waals surface area contributed by atoms with E-state index in [9.17, 15) is 22.0 Å². The summed E-state index contributed by atoms with van der Waals surface area (Å²) in [6.45, 7) is -0.715. The largest absolute Gasteiger partial charge is 0.416 e. The van der Waals surface area contributed by atoms with Gasteiger partial charge in [-0.25, -0.2) is 4.39 Å². The maximum absolute atomic E-state index is 13.0. The summed E-state index contributed by atoms with van der Waals surface area (Å²) in [7, 11) is 0. The number of benzene rings is 1. The van der Waals surface area contributed by atoms with Crippen molar-refractivity contribution in [2.45, 2.75) is 12.6 Å². The second-order valence-corrected chi connectivity index (χ2v) is 2.93. The van der Waals surface area contributed by atoms with E-state index in [4.69, 9.17) is 0 Å². The highest BCUT2D eigenvalue weighted by Gasteiger charge is 2.30. The molecule has 16 heavy (non-hydrogen) atoms. The Bertz CT molecular complexity index is 422. The van der Waals surface area contributed by atoms with Crippen LogP contribution in [0.3, 0.4) is 0 Å². The van der Waals surface area contributed by atoms with Crippen LogP contribution in [0.5, 0.6) is 0 Å². The van der Waals surface area contributed by atoms with Crippen LogP contribution in [-0.2, 0) is 6.18 Å². The van der Waals surface area contributed by atoms with Crippen LogP contribution in [-0.4, -0.2) is 6.67 Å². The summed E-state index contributed by atoms with van der Waals surface area (Å²) in [6, 6.07) is 1.94.